The molecule has 1 aromatic carbocycles. The lowest BCUT2D eigenvalue weighted by Gasteiger charge is -2.31. The van der Waals surface area contributed by atoms with Crippen LogP contribution in [0.15, 0.2) is 35.5 Å². The molecule has 1 atom stereocenters. The van der Waals surface area contributed by atoms with Crippen molar-refractivity contribution in [2.24, 2.45) is 5.92 Å². The number of carbonyl (C=O) groups excluding carboxylic acids is 1. The molecule has 2 aliphatic rings. The van der Waals surface area contributed by atoms with Gasteiger partial charge in [-0.1, -0.05) is 43.4 Å². The first kappa shape index (κ1) is 27.0. The Morgan fingerprint density at radius 1 is 1.22 bits per heavy atom. The van der Waals surface area contributed by atoms with Crippen LogP contribution in [0.4, 0.5) is 5.82 Å². The van der Waals surface area contributed by atoms with E-state index < -0.39 is 21.4 Å². The monoisotopic (exact) mass is 535 g/mol. The van der Waals surface area contributed by atoms with Crippen molar-refractivity contribution in [1.29, 1.82) is 0 Å². The van der Waals surface area contributed by atoms with Crippen molar-refractivity contribution in [1.82, 2.24) is 9.97 Å². The third-order valence-electron chi connectivity index (χ3n) is 7.34. The zero-order chi connectivity index (χ0) is 25.8. The first-order valence-electron chi connectivity index (χ1n) is 12.5. The van der Waals surface area contributed by atoms with Gasteiger partial charge in [0.1, 0.15) is 0 Å². The fraction of sp³-hybridized carbons (Fsp3) is 0.577. The van der Waals surface area contributed by atoms with Crippen LogP contribution in [0, 0.1) is 5.92 Å². The molecule has 196 valence electrons. The Kier molecular flexibility index (Phi) is 8.65. The largest absolute Gasteiger partial charge is 0.390 e. The van der Waals surface area contributed by atoms with Gasteiger partial charge in [-0.3, -0.25) is 9.78 Å². The number of aryl methyl sites for hydroxylation is 1. The van der Waals surface area contributed by atoms with E-state index in [-0.39, 0.29) is 15.8 Å². The van der Waals surface area contributed by atoms with Crippen molar-refractivity contribution in [2.75, 3.05) is 24.8 Å². The second-order valence-corrected chi connectivity index (χ2v) is 12.5. The van der Waals surface area contributed by atoms with Crippen molar-refractivity contribution in [3.63, 3.8) is 0 Å². The standard InChI is InChI=1S/C26H34ClN3O5S/c1-36(33,34)23-7-6-19(15-22(23)27)21(14-18-4-2-3-5-18)25(31)30-24-17-28-20(16-29-24)8-9-26(32)10-12-35-13-11-26/h6-7,15-18,21,32H,2-5,8-14H2,1H3,(H,29,30,31). The lowest BCUT2D eigenvalue weighted by molar-refractivity contribution is -0.118. The summed E-state index contributed by atoms with van der Waals surface area (Å²) in [5.41, 5.74) is 0.707. The number of aliphatic hydroxyl groups is 1. The van der Waals surface area contributed by atoms with Crippen LogP contribution in [0.1, 0.15) is 68.5 Å². The number of hydrogen-bond donors (Lipinski definition) is 2. The second-order valence-electron chi connectivity index (χ2n) is 10.1. The SMILES string of the molecule is CS(=O)(=O)c1ccc(C(CC2CCCC2)C(=O)Nc2cnc(CCC3(O)CCOCC3)cn2)cc1Cl. The van der Waals surface area contributed by atoms with Gasteiger partial charge in [-0.2, -0.15) is 0 Å². The molecule has 8 nitrogen and oxygen atoms in total. The highest BCUT2D eigenvalue weighted by Crippen LogP contribution is 2.36. The minimum absolute atomic E-state index is 0.0554. The van der Waals surface area contributed by atoms with E-state index in [0.29, 0.717) is 62.6 Å². The summed E-state index contributed by atoms with van der Waals surface area (Å²) in [7, 11) is -3.46. The van der Waals surface area contributed by atoms with E-state index in [2.05, 4.69) is 15.3 Å². The van der Waals surface area contributed by atoms with Crippen LogP contribution >= 0.6 is 11.6 Å². The molecule has 2 N–H and O–H groups in total. The number of sulfone groups is 1. The normalized spacial score (nSPS) is 19.2. The Bertz CT molecular complexity index is 1160. The number of hydrogen-bond acceptors (Lipinski definition) is 7. The number of benzene rings is 1. The van der Waals surface area contributed by atoms with Crippen LogP contribution in [0.3, 0.4) is 0 Å². The van der Waals surface area contributed by atoms with Gasteiger partial charge in [0.2, 0.25) is 5.91 Å². The number of amides is 1. The highest BCUT2D eigenvalue weighted by molar-refractivity contribution is 7.90. The predicted molar refractivity (Wildman–Crippen MR) is 138 cm³/mol. The molecule has 36 heavy (non-hydrogen) atoms. The van der Waals surface area contributed by atoms with Crippen LogP contribution in [-0.2, 0) is 25.8 Å². The maximum Gasteiger partial charge on any atom is 0.233 e. The highest BCUT2D eigenvalue weighted by atomic mass is 35.5. The molecule has 1 aromatic heterocycles. The molecule has 0 radical (unpaired) electrons. The number of rotatable bonds is 9. The number of aromatic nitrogens is 2. The molecule has 1 saturated heterocycles. The Balaban J connectivity index is 1.45. The van der Waals surface area contributed by atoms with Crippen molar-refractivity contribution >= 4 is 33.2 Å². The van der Waals surface area contributed by atoms with Crippen molar-refractivity contribution in [2.45, 2.75) is 74.2 Å². The summed E-state index contributed by atoms with van der Waals surface area (Å²) in [4.78, 5) is 22.2. The average molecular weight is 536 g/mol. The second kappa shape index (κ2) is 11.5. The molecule has 0 spiro atoms. The van der Waals surface area contributed by atoms with E-state index in [1.807, 2.05) is 0 Å². The summed E-state index contributed by atoms with van der Waals surface area (Å²) in [6.07, 6.45) is 11.8. The third-order valence-corrected chi connectivity index (χ3v) is 8.92. The quantitative estimate of drug-likeness (QED) is 0.491. The molecule has 1 aliphatic heterocycles. The average Bonchev–Trinajstić information content (AvgIpc) is 3.35. The van der Waals surface area contributed by atoms with Gasteiger partial charge in [0.25, 0.3) is 0 Å². The fourth-order valence-corrected chi connectivity index (χ4v) is 6.47. The minimum atomic E-state index is -3.46. The summed E-state index contributed by atoms with van der Waals surface area (Å²) in [6.45, 7) is 1.13. The number of halogens is 1. The first-order valence-corrected chi connectivity index (χ1v) is 14.8. The molecule has 1 aliphatic carbocycles. The summed E-state index contributed by atoms with van der Waals surface area (Å²) >= 11 is 6.29. The first-order chi connectivity index (χ1) is 17.1. The Labute approximate surface area is 217 Å². The number of anilines is 1. The van der Waals surface area contributed by atoms with Gasteiger partial charge in [0.05, 0.1) is 39.5 Å². The van der Waals surface area contributed by atoms with Crippen molar-refractivity contribution < 1.29 is 23.1 Å². The smallest absolute Gasteiger partial charge is 0.233 e. The highest BCUT2D eigenvalue weighted by Gasteiger charge is 2.30. The van der Waals surface area contributed by atoms with Crippen LogP contribution in [-0.4, -0.2) is 54.5 Å². The zero-order valence-electron chi connectivity index (χ0n) is 20.6. The molecule has 1 saturated carbocycles. The predicted octanol–water partition coefficient (Wildman–Crippen LogP) is 4.31. The van der Waals surface area contributed by atoms with Crippen molar-refractivity contribution in [3.8, 4) is 0 Å². The van der Waals surface area contributed by atoms with Gasteiger partial charge in [-0.25, -0.2) is 13.4 Å². The van der Waals surface area contributed by atoms with Crippen LogP contribution in [0.5, 0.6) is 0 Å². The molecule has 0 bridgehead atoms. The van der Waals surface area contributed by atoms with Gasteiger partial charge in [0.15, 0.2) is 15.7 Å². The van der Waals surface area contributed by atoms with Crippen LogP contribution in [0.25, 0.3) is 0 Å². The van der Waals surface area contributed by atoms with Crippen molar-refractivity contribution in [3.05, 3.63) is 46.9 Å². The molecule has 4 rings (SSSR count). The molecule has 2 aromatic rings. The van der Waals surface area contributed by atoms with E-state index >= 15 is 0 Å². The van der Waals surface area contributed by atoms with Gasteiger partial charge in [-0.15, -0.1) is 0 Å². The number of nitrogens with zero attached hydrogens (tertiary/aromatic N) is 2. The molecule has 1 amide bonds. The van der Waals surface area contributed by atoms with Gasteiger partial charge in [-0.05, 0) is 55.7 Å². The number of nitrogens with one attached hydrogen (secondary N) is 1. The zero-order valence-corrected chi connectivity index (χ0v) is 22.2. The maximum atomic E-state index is 13.4. The molecular formula is C26H34ClN3O5S. The number of ether oxygens (including phenoxy) is 1. The van der Waals surface area contributed by atoms with Gasteiger partial charge in [0, 0.05) is 19.5 Å². The molecule has 2 fully saturated rings. The molecular weight excluding hydrogens is 502 g/mol. The maximum absolute atomic E-state index is 13.4. The Hall–Kier alpha value is -2.07. The Morgan fingerprint density at radius 2 is 1.94 bits per heavy atom. The van der Waals surface area contributed by atoms with E-state index in [4.69, 9.17) is 16.3 Å². The minimum Gasteiger partial charge on any atom is -0.390 e. The summed E-state index contributed by atoms with van der Waals surface area (Å²) in [5.74, 6) is 0.0782. The topological polar surface area (TPSA) is 118 Å². The van der Waals surface area contributed by atoms with Gasteiger partial charge < -0.3 is 15.2 Å². The van der Waals surface area contributed by atoms with E-state index in [0.717, 1.165) is 37.6 Å². The summed E-state index contributed by atoms with van der Waals surface area (Å²) in [5, 5.41) is 13.6. The fourth-order valence-electron chi connectivity index (χ4n) is 5.13. The summed E-state index contributed by atoms with van der Waals surface area (Å²) < 4.78 is 29.3. The van der Waals surface area contributed by atoms with E-state index in [1.165, 1.54) is 12.3 Å². The number of carbonyl (C=O) groups is 1. The Morgan fingerprint density at radius 3 is 2.56 bits per heavy atom. The molecule has 2 heterocycles. The van der Waals surface area contributed by atoms with Crippen LogP contribution in [0.2, 0.25) is 5.02 Å². The summed E-state index contributed by atoms with van der Waals surface area (Å²) in [6, 6.07) is 4.74. The van der Waals surface area contributed by atoms with E-state index in [9.17, 15) is 18.3 Å². The lowest BCUT2D eigenvalue weighted by atomic mass is 9.87. The lowest BCUT2D eigenvalue weighted by Crippen LogP contribution is -2.36. The third kappa shape index (κ3) is 7.03. The molecule has 10 heteroatoms. The van der Waals surface area contributed by atoms with Gasteiger partial charge >= 0.3 is 0 Å². The molecule has 1 unspecified atom stereocenters. The van der Waals surface area contributed by atoms with Crippen LogP contribution < -0.4 is 5.32 Å². The van der Waals surface area contributed by atoms with E-state index in [1.54, 1.807) is 18.3 Å².